The second kappa shape index (κ2) is 14.9. The van der Waals surface area contributed by atoms with Gasteiger partial charge < -0.3 is 10.2 Å². The van der Waals surface area contributed by atoms with E-state index in [9.17, 15) is 0 Å². The van der Waals surface area contributed by atoms with Gasteiger partial charge in [-0.1, -0.05) is 92.4 Å². The summed E-state index contributed by atoms with van der Waals surface area (Å²) in [5.41, 5.74) is 0. The maximum Gasteiger partial charge on any atom is 0.0107 e. The Hall–Kier alpha value is -0.0800. The Morgan fingerprint density at radius 1 is 0.615 bits per heavy atom. The van der Waals surface area contributed by atoms with E-state index < -0.39 is 0 Å². The van der Waals surface area contributed by atoms with Crippen molar-refractivity contribution in [3.63, 3.8) is 0 Å². The molecule has 156 valence electrons. The molecule has 3 unspecified atom stereocenters. The normalized spacial score (nSPS) is 19.6. The molecule has 1 aliphatic rings. The molecule has 0 aliphatic carbocycles. The summed E-state index contributed by atoms with van der Waals surface area (Å²) in [5, 5.41) is 3.45. The van der Waals surface area contributed by atoms with Crippen molar-refractivity contribution in [1.29, 1.82) is 0 Å². The number of hydrogen-bond donors (Lipinski definition) is 1. The van der Waals surface area contributed by atoms with Gasteiger partial charge in [0.05, 0.1) is 0 Å². The molecular formula is C24H50N2. The zero-order chi connectivity index (χ0) is 19.2. The fourth-order valence-electron chi connectivity index (χ4n) is 4.27. The molecule has 1 saturated heterocycles. The summed E-state index contributed by atoms with van der Waals surface area (Å²) in [6, 6.07) is 0. The molecule has 0 saturated carbocycles. The maximum absolute atomic E-state index is 3.45. The third-order valence-electron chi connectivity index (χ3n) is 6.41. The molecule has 0 amide bonds. The first-order chi connectivity index (χ1) is 12.5. The molecule has 0 aromatic rings. The lowest BCUT2D eigenvalue weighted by molar-refractivity contribution is 0.223. The third-order valence-corrected chi connectivity index (χ3v) is 6.41. The number of piperazine rings is 1. The molecule has 0 spiro atoms. The molecule has 0 aromatic heterocycles. The minimum absolute atomic E-state index is 0.876. The third kappa shape index (κ3) is 13.1. The summed E-state index contributed by atoms with van der Waals surface area (Å²) in [6.45, 7) is 18.3. The molecule has 0 aromatic carbocycles. The number of nitrogens with zero attached hydrogens (tertiary/aromatic N) is 1. The summed E-state index contributed by atoms with van der Waals surface area (Å²) in [7, 11) is 0. The Bertz CT molecular complexity index is 309. The molecule has 1 fully saturated rings. The van der Waals surface area contributed by atoms with E-state index in [1.54, 1.807) is 0 Å². The first kappa shape index (κ1) is 24.0. The summed E-state index contributed by atoms with van der Waals surface area (Å²) in [6.07, 6.45) is 14.3. The van der Waals surface area contributed by atoms with E-state index in [1.165, 1.54) is 96.9 Å². The molecule has 26 heavy (non-hydrogen) atoms. The maximum atomic E-state index is 3.45. The van der Waals surface area contributed by atoms with Gasteiger partial charge in [-0.15, -0.1) is 0 Å². The molecule has 2 nitrogen and oxygen atoms in total. The fraction of sp³-hybridized carbons (Fsp3) is 1.00. The highest BCUT2D eigenvalue weighted by Gasteiger charge is 2.12. The predicted molar refractivity (Wildman–Crippen MR) is 118 cm³/mol. The van der Waals surface area contributed by atoms with Gasteiger partial charge in [-0.3, -0.25) is 0 Å². The fourth-order valence-corrected chi connectivity index (χ4v) is 4.27. The van der Waals surface area contributed by atoms with Gasteiger partial charge in [-0.2, -0.15) is 0 Å². The largest absolute Gasteiger partial charge is 0.314 e. The molecule has 0 radical (unpaired) electrons. The molecule has 3 atom stereocenters. The van der Waals surface area contributed by atoms with Crippen molar-refractivity contribution in [2.24, 2.45) is 23.7 Å². The van der Waals surface area contributed by atoms with E-state index in [-0.39, 0.29) is 0 Å². The molecule has 1 N–H and O–H groups in total. The van der Waals surface area contributed by atoms with E-state index in [1.807, 2.05) is 0 Å². The van der Waals surface area contributed by atoms with Crippen LogP contribution in [0.2, 0.25) is 0 Å². The van der Waals surface area contributed by atoms with Crippen LogP contribution >= 0.6 is 0 Å². The van der Waals surface area contributed by atoms with Crippen molar-refractivity contribution in [2.75, 3.05) is 32.7 Å². The SMILES string of the molecule is CC(C)CCCC(C)CCCC(C)CCCC(C)CCN1CCNCC1. The Balaban J connectivity index is 1.94. The highest BCUT2D eigenvalue weighted by molar-refractivity contribution is 4.69. The first-order valence-corrected chi connectivity index (χ1v) is 11.9. The van der Waals surface area contributed by atoms with Gasteiger partial charge in [0, 0.05) is 26.2 Å². The van der Waals surface area contributed by atoms with Crippen LogP contribution in [0.1, 0.15) is 98.8 Å². The van der Waals surface area contributed by atoms with Crippen LogP contribution in [0.4, 0.5) is 0 Å². The van der Waals surface area contributed by atoms with Crippen LogP contribution in [0.15, 0.2) is 0 Å². The van der Waals surface area contributed by atoms with E-state index >= 15 is 0 Å². The molecule has 0 bridgehead atoms. The highest BCUT2D eigenvalue weighted by Crippen LogP contribution is 2.22. The highest BCUT2D eigenvalue weighted by atomic mass is 15.2. The standard InChI is InChI=1S/C24H50N2/c1-21(2)9-6-10-22(3)11-7-12-23(4)13-8-14-24(5)15-18-26-19-16-25-17-20-26/h21-25H,6-20H2,1-5H3. The predicted octanol–water partition coefficient (Wildman–Crippen LogP) is 6.36. The molecule has 1 rings (SSSR count). The lowest BCUT2D eigenvalue weighted by atomic mass is 9.90. The van der Waals surface area contributed by atoms with Crippen molar-refractivity contribution >= 4 is 0 Å². The summed E-state index contributed by atoms with van der Waals surface area (Å²) >= 11 is 0. The van der Waals surface area contributed by atoms with E-state index in [0.29, 0.717) is 0 Å². The molecule has 1 heterocycles. The zero-order valence-corrected chi connectivity index (χ0v) is 18.9. The van der Waals surface area contributed by atoms with Gasteiger partial charge in [0.25, 0.3) is 0 Å². The minimum Gasteiger partial charge on any atom is -0.314 e. The number of rotatable bonds is 15. The van der Waals surface area contributed by atoms with Crippen LogP contribution in [-0.2, 0) is 0 Å². The van der Waals surface area contributed by atoms with Crippen molar-refractivity contribution in [3.05, 3.63) is 0 Å². The van der Waals surface area contributed by atoms with E-state index in [2.05, 4.69) is 44.8 Å². The topological polar surface area (TPSA) is 15.3 Å². The Morgan fingerprint density at radius 3 is 1.50 bits per heavy atom. The van der Waals surface area contributed by atoms with Crippen molar-refractivity contribution in [1.82, 2.24) is 10.2 Å². The first-order valence-electron chi connectivity index (χ1n) is 11.9. The Labute approximate surface area is 165 Å². The average Bonchev–Trinajstić information content (AvgIpc) is 2.60. The minimum atomic E-state index is 0.876. The second-order valence-electron chi connectivity index (χ2n) is 9.88. The van der Waals surface area contributed by atoms with Gasteiger partial charge in [-0.25, -0.2) is 0 Å². The number of hydrogen-bond acceptors (Lipinski definition) is 2. The smallest absolute Gasteiger partial charge is 0.0107 e. The summed E-state index contributed by atoms with van der Waals surface area (Å²) in [4.78, 5) is 2.64. The average molecular weight is 367 g/mol. The van der Waals surface area contributed by atoms with Crippen LogP contribution in [0.5, 0.6) is 0 Å². The van der Waals surface area contributed by atoms with Crippen LogP contribution in [-0.4, -0.2) is 37.6 Å². The van der Waals surface area contributed by atoms with Gasteiger partial charge in [0.2, 0.25) is 0 Å². The van der Waals surface area contributed by atoms with Crippen LogP contribution in [0, 0.1) is 23.7 Å². The van der Waals surface area contributed by atoms with Crippen molar-refractivity contribution in [3.8, 4) is 0 Å². The number of nitrogens with one attached hydrogen (secondary N) is 1. The molecule has 1 aliphatic heterocycles. The Kier molecular flexibility index (Phi) is 13.7. The lowest BCUT2D eigenvalue weighted by Gasteiger charge is -2.28. The lowest BCUT2D eigenvalue weighted by Crippen LogP contribution is -2.44. The molecular weight excluding hydrogens is 316 g/mol. The summed E-state index contributed by atoms with van der Waals surface area (Å²) < 4.78 is 0. The van der Waals surface area contributed by atoms with Crippen LogP contribution < -0.4 is 5.32 Å². The summed E-state index contributed by atoms with van der Waals surface area (Å²) in [5.74, 6) is 3.64. The van der Waals surface area contributed by atoms with Gasteiger partial charge in [-0.05, 0) is 36.6 Å². The van der Waals surface area contributed by atoms with Crippen molar-refractivity contribution < 1.29 is 0 Å². The zero-order valence-electron chi connectivity index (χ0n) is 18.9. The van der Waals surface area contributed by atoms with Gasteiger partial charge in [0.15, 0.2) is 0 Å². The van der Waals surface area contributed by atoms with Crippen LogP contribution in [0.3, 0.4) is 0 Å². The van der Waals surface area contributed by atoms with Gasteiger partial charge >= 0.3 is 0 Å². The monoisotopic (exact) mass is 366 g/mol. The van der Waals surface area contributed by atoms with Crippen LogP contribution in [0.25, 0.3) is 0 Å². The Morgan fingerprint density at radius 2 is 1.04 bits per heavy atom. The second-order valence-corrected chi connectivity index (χ2v) is 9.88. The van der Waals surface area contributed by atoms with E-state index in [0.717, 1.165) is 23.7 Å². The quantitative estimate of drug-likeness (QED) is 0.363. The van der Waals surface area contributed by atoms with E-state index in [4.69, 9.17) is 0 Å². The van der Waals surface area contributed by atoms with Gasteiger partial charge in [0.1, 0.15) is 0 Å². The molecule has 2 heteroatoms. The van der Waals surface area contributed by atoms with Crippen molar-refractivity contribution in [2.45, 2.75) is 98.8 Å².